The van der Waals surface area contributed by atoms with Crippen LogP contribution in [0.1, 0.15) is 21.9 Å². The molecule has 2 heteroatoms. The fraction of sp³-hybridized carbons (Fsp3) is 0.154. The van der Waals surface area contributed by atoms with Crippen LogP contribution in [-0.2, 0) is 6.42 Å². The quantitative estimate of drug-likeness (QED) is 0.713. The highest BCUT2D eigenvalue weighted by molar-refractivity contribution is 5.97. The zero-order valence-electron chi connectivity index (χ0n) is 8.57. The van der Waals surface area contributed by atoms with Gasteiger partial charge >= 0.3 is 0 Å². The van der Waals surface area contributed by atoms with E-state index in [1.165, 1.54) is 0 Å². The van der Waals surface area contributed by atoms with E-state index in [2.05, 4.69) is 0 Å². The Balaban J connectivity index is 2.11. The summed E-state index contributed by atoms with van der Waals surface area (Å²) in [4.78, 5) is 11.8. The molecule has 0 fully saturated rings. The molecule has 76 valence electrons. The first-order valence-electron chi connectivity index (χ1n) is 4.89. The molecule has 0 saturated heterocycles. The lowest BCUT2D eigenvalue weighted by atomic mass is 10.1. The number of carbonyl (C=O) groups excluding carboxylic acids is 1. The van der Waals surface area contributed by atoms with E-state index in [-0.39, 0.29) is 5.78 Å². The molecule has 2 nitrogen and oxygen atoms in total. The van der Waals surface area contributed by atoms with Crippen LogP contribution in [0, 0.1) is 6.92 Å². The standard InChI is InChI=1S/C13H12O2/c1-10-7-8-12(15-10)9-13(14)11-5-3-2-4-6-11/h2-8H,9H2,1H3. The molecule has 1 aromatic carbocycles. The number of ketones is 1. The molecular formula is C13H12O2. The van der Waals surface area contributed by atoms with Gasteiger partial charge in [-0.3, -0.25) is 4.79 Å². The van der Waals surface area contributed by atoms with Crippen molar-refractivity contribution in [1.29, 1.82) is 0 Å². The first-order chi connectivity index (χ1) is 7.25. The maximum Gasteiger partial charge on any atom is 0.170 e. The van der Waals surface area contributed by atoms with E-state index in [1.807, 2.05) is 49.4 Å². The molecule has 1 heterocycles. The minimum Gasteiger partial charge on any atom is -0.466 e. The van der Waals surface area contributed by atoms with Crippen molar-refractivity contribution >= 4 is 5.78 Å². The smallest absolute Gasteiger partial charge is 0.170 e. The van der Waals surface area contributed by atoms with Crippen molar-refractivity contribution in [2.45, 2.75) is 13.3 Å². The van der Waals surface area contributed by atoms with Gasteiger partial charge in [0.15, 0.2) is 5.78 Å². The Morgan fingerprint density at radius 2 is 1.87 bits per heavy atom. The molecular weight excluding hydrogens is 188 g/mol. The van der Waals surface area contributed by atoms with Crippen molar-refractivity contribution in [2.75, 3.05) is 0 Å². The predicted octanol–water partition coefficient (Wildman–Crippen LogP) is 3.01. The van der Waals surface area contributed by atoms with Crippen molar-refractivity contribution in [3.8, 4) is 0 Å². The second-order valence-corrected chi connectivity index (χ2v) is 3.48. The number of benzene rings is 1. The van der Waals surface area contributed by atoms with Gasteiger partial charge in [-0.25, -0.2) is 0 Å². The number of hydrogen-bond acceptors (Lipinski definition) is 2. The summed E-state index contributed by atoms with van der Waals surface area (Å²) >= 11 is 0. The van der Waals surface area contributed by atoms with Gasteiger partial charge in [-0.2, -0.15) is 0 Å². The van der Waals surface area contributed by atoms with Crippen LogP contribution in [0.4, 0.5) is 0 Å². The molecule has 0 saturated carbocycles. The largest absolute Gasteiger partial charge is 0.466 e. The highest BCUT2D eigenvalue weighted by Crippen LogP contribution is 2.10. The predicted molar refractivity (Wildman–Crippen MR) is 57.9 cm³/mol. The molecule has 0 amide bonds. The number of hydrogen-bond donors (Lipinski definition) is 0. The van der Waals surface area contributed by atoms with Gasteiger partial charge in [0.05, 0.1) is 6.42 Å². The summed E-state index contributed by atoms with van der Waals surface area (Å²) in [7, 11) is 0. The van der Waals surface area contributed by atoms with Crippen molar-refractivity contribution in [1.82, 2.24) is 0 Å². The van der Waals surface area contributed by atoms with E-state index in [9.17, 15) is 4.79 Å². The molecule has 0 bridgehead atoms. The maximum atomic E-state index is 11.8. The third kappa shape index (κ3) is 2.34. The summed E-state index contributed by atoms with van der Waals surface area (Å²) in [6.07, 6.45) is 0.331. The van der Waals surface area contributed by atoms with Crippen LogP contribution in [0.25, 0.3) is 0 Å². The second kappa shape index (κ2) is 4.13. The Morgan fingerprint density at radius 1 is 1.13 bits per heavy atom. The fourth-order valence-electron chi connectivity index (χ4n) is 1.46. The van der Waals surface area contributed by atoms with Crippen LogP contribution >= 0.6 is 0 Å². The van der Waals surface area contributed by atoms with Crippen molar-refractivity contribution < 1.29 is 9.21 Å². The van der Waals surface area contributed by atoms with Crippen LogP contribution < -0.4 is 0 Å². The molecule has 0 unspecified atom stereocenters. The Bertz CT molecular complexity index is 454. The van der Waals surface area contributed by atoms with Crippen LogP contribution in [0.15, 0.2) is 46.9 Å². The molecule has 0 N–H and O–H groups in total. The zero-order valence-corrected chi connectivity index (χ0v) is 8.57. The van der Waals surface area contributed by atoms with Gasteiger partial charge < -0.3 is 4.42 Å². The Hall–Kier alpha value is -1.83. The van der Waals surface area contributed by atoms with Gasteiger partial charge in [-0.1, -0.05) is 30.3 Å². The minimum atomic E-state index is 0.0879. The van der Waals surface area contributed by atoms with Crippen molar-refractivity contribution in [2.24, 2.45) is 0 Å². The maximum absolute atomic E-state index is 11.8. The minimum absolute atomic E-state index is 0.0879. The van der Waals surface area contributed by atoms with Gasteiger partial charge in [0.2, 0.25) is 0 Å². The van der Waals surface area contributed by atoms with E-state index in [4.69, 9.17) is 4.42 Å². The van der Waals surface area contributed by atoms with Gasteiger partial charge in [-0.15, -0.1) is 0 Å². The third-order valence-corrected chi connectivity index (χ3v) is 2.23. The van der Waals surface area contributed by atoms with Crippen LogP contribution in [-0.4, -0.2) is 5.78 Å². The Labute approximate surface area is 88.5 Å². The van der Waals surface area contributed by atoms with Crippen LogP contribution in [0.3, 0.4) is 0 Å². The van der Waals surface area contributed by atoms with Gasteiger partial charge in [0, 0.05) is 5.56 Å². The second-order valence-electron chi connectivity index (χ2n) is 3.48. The summed E-state index contributed by atoms with van der Waals surface area (Å²) in [6.45, 7) is 1.87. The molecule has 2 aromatic rings. The molecule has 15 heavy (non-hydrogen) atoms. The fourth-order valence-corrected chi connectivity index (χ4v) is 1.46. The molecule has 0 atom stereocenters. The molecule has 0 spiro atoms. The molecule has 2 rings (SSSR count). The lowest BCUT2D eigenvalue weighted by Gasteiger charge is -1.97. The average Bonchev–Trinajstić information content (AvgIpc) is 2.65. The van der Waals surface area contributed by atoms with Crippen LogP contribution in [0.5, 0.6) is 0 Å². The lowest BCUT2D eigenvalue weighted by molar-refractivity contribution is 0.0987. The normalized spacial score (nSPS) is 10.2. The van der Waals surface area contributed by atoms with E-state index >= 15 is 0 Å². The number of aryl methyl sites for hydroxylation is 1. The van der Waals surface area contributed by atoms with Gasteiger partial charge in [0.1, 0.15) is 11.5 Å². The third-order valence-electron chi connectivity index (χ3n) is 2.23. The highest BCUT2D eigenvalue weighted by atomic mass is 16.3. The van der Waals surface area contributed by atoms with Crippen molar-refractivity contribution in [3.05, 3.63) is 59.5 Å². The number of carbonyl (C=O) groups is 1. The average molecular weight is 200 g/mol. The Morgan fingerprint density at radius 3 is 2.47 bits per heavy atom. The monoisotopic (exact) mass is 200 g/mol. The summed E-state index contributed by atoms with van der Waals surface area (Å²) < 4.78 is 5.35. The van der Waals surface area contributed by atoms with Gasteiger partial charge in [0.25, 0.3) is 0 Å². The molecule has 0 aliphatic rings. The summed E-state index contributed by atoms with van der Waals surface area (Å²) in [5.74, 6) is 1.65. The molecule has 0 aliphatic carbocycles. The van der Waals surface area contributed by atoms with Gasteiger partial charge in [-0.05, 0) is 19.1 Å². The SMILES string of the molecule is Cc1ccc(CC(=O)c2ccccc2)o1. The number of Topliss-reactive ketones (excluding diaryl/α,β-unsaturated/α-hetero) is 1. The van der Waals surface area contributed by atoms with Crippen molar-refractivity contribution in [3.63, 3.8) is 0 Å². The summed E-state index contributed by atoms with van der Waals surface area (Å²) in [5, 5.41) is 0. The first kappa shape index (κ1) is 9.71. The van der Waals surface area contributed by atoms with E-state index < -0.39 is 0 Å². The number of furan rings is 1. The highest BCUT2D eigenvalue weighted by Gasteiger charge is 2.08. The Kier molecular flexibility index (Phi) is 2.68. The molecule has 0 radical (unpaired) electrons. The first-order valence-corrected chi connectivity index (χ1v) is 4.89. The van der Waals surface area contributed by atoms with E-state index in [0.717, 1.165) is 17.1 Å². The lowest BCUT2D eigenvalue weighted by Crippen LogP contribution is -2.01. The topological polar surface area (TPSA) is 30.2 Å². The zero-order chi connectivity index (χ0) is 10.7. The number of rotatable bonds is 3. The molecule has 1 aromatic heterocycles. The summed E-state index contributed by atoms with van der Waals surface area (Å²) in [5.41, 5.74) is 0.728. The van der Waals surface area contributed by atoms with E-state index in [1.54, 1.807) is 0 Å². The van der Waals surface area contributed by atoms with Crippen LogP contribution in [0.2, 0.25) is 0 Å². The summed E-state index contributed by atoms with van der Waals surface area (Å²) in [6, 6.07) is 13.0. The van der Waals surface area contributed by atoms with E-state index in [0.29, 0.717) is 6.42 Å². The molecule has 0 aliphatic heterocycles.